The van der Waals surface area contributed by atoms with Gasteiger partial charge in [0.15, 0.2) is 5.78 Å². The standard InChI is InChI=1S/C7H10O4/c8-5-1-2-10-6-3-9-4-11-7(5)6/h6-7H,1-4H2. The topological polar surface area (TPSA) is 44.8 Å². The molecule has 2 heterocycles. The number of ketones is 1. The van der Waals surface area contributed by atoms with Gasteiger partial charge in [-0.25, -0.2) is 0 Å². The van der Waals surface area contributed by atoms with Gasteiger partial charge in [-0.15, -0.1) is 0 Å². The molecule has 0 radical (unpaired) electrons. The van der Waals surface area contributed by atoms with Crippen LogP contribution in [0.4, 0.5) is 0 Å². The normalized spacial score (nSPS) is 38.4. The van der Waals surface area contributed by atoms with Crippen LogP contribution in [0.15, 0.2) is 0 Å². The molecule has 2 aliphatic rings. The van der Waals surface area contributed by atoms with Crippen LogP contribution >= 0.6 is 0 Å². The number of Topliss-reactive ketones (excluding diaryl/α,β-unsaturated/α-hetero) is 1. The van der Waals surface area contributed by atoms with Gasteiger partial charge in [0.05, 0.1) is 13.2 Å². The van der Waals surface area contributed by atoms with Crippen molar-refractivity contribution in [1.82, 2.24) is 0 Å². The molecule has 0 aromatic heterocycles. The van der Waals surface area contributed by atoms with Crippen molar-refractivity contribution in [3.8, 4) is 0 Å². The van der Waals surface area contributed by atoms with Crippen molar-refractivity contribution in [2.45, 2.75) is 18.6 Å². The minimum Gasteiger partial charge on any atom is -0.372 e. The number of carbonyl (C=O) groups excluding carboxylic acids is 1. The molecule has 0 saturated carbocycles. The molecule has 2 fully saturated rings. The van der Waals surface area contributed by atoms with Crippen LogP contribution in [-0.4, -0.2) is 38.0 Å². The van der Waals surface area contributed by atoms with Crippen LogP contribution in [0.25, 0.3) is 0 Å². The Morgan fingerprint density at radius 3 is 3.09 bits per heavy atom. The number of hydrogen-bond acceptors (Lipinski definition) is 4. The summed E-state index contributed by atoms with van der Waals surface area (Å²) in [5.74, 6) is 0.143. The smallest absolute Gasteiger partial charge is 0.166 e. The predicted molar refractivity (Wildman–Crippen MR) is 35.1 cm³/mol. The molecule has 0 amide bonds. The predicted octanol–water partition coefficient (Wildman–Crippen LogP) is -0.283. The summed E-state index contributed by atoms with van der Waals surface area (Å²) in [5.41, 5.74) is 0. The van der Waals surface area contributed by atoms with Crippen molar-refractivity contribution >= 4 is 5.78 Å². The Kier molecular flexibility index (Phi) is 1.89. The summed E-state index contributed by atoms with van der Waals surface area (Å²) >= 11 is 0. The second-order valence-electron chi connectivity index (χ2n) is 2.70. The summed E-state index contributed by atoms with van der Waals surface area (Å²) < 4.78 is 15.4. The van der Waals surface area contributed by atoms with E-state index in [1.807, 2.05) is 0 Å². The van der Waals surface area contributed by atoms with Crippen LogP contribution in [0.1, 0.15) is 6.42 Å². The molecule has 2 rings (SSSR count). The van der Waals surface area contributed by atoms with Crippen LogP contribution in [-0.2, 0) is 19.0 Å². The van der Waals surface area contributed by atoms with Crippen LogP contribution < -0.4 is 0 Å². The van der Waals surface area contributed by atoms with Gasteiger partial charge in [0, 0.05) is 6.42 Å². The van der Waals surface area contributed by atoms with E-state index >= 15 is 0 Å². The zero-order valence-corrected chi connectivity index (χ0v) is 6.12. The van der Waals surface area contributed by atoms with Crippen molar-refractivity contribution in [1.29, 1.82) is 0 Å². The third-order valence-electron chi connectivity index (χ3n) is 1.95. The second-order valence-corrected chi connectivity index (χ2v) is 2.70. The van der Waals surface area contributed by atoms with Crippen LogP contribution in [0.3, 0.4) is 0 Å². The van der Waals surface area contributed by atoms with E-state index in [9.17, 15) is 4.79 Å². The van der Waals surface area contributed by atoms with Crippen molar-refractivity contribution in [2.24, 2.45) is 0 Å². The Morgan fingerprint density at radius 1 is 1.36 bits per heavy atom. The Balaban J connectivity index is 2.05. The fourth-order valence-corrected chi connectivity index (χ4v) is 1.37. The maximum atomic E-state index is 11.2. The first-order valence-electron chi connectivity index (χ1n) is 3.71. The summed E-state index contributed by atoms with van der Waals surface area (Å²) in [6, 6.07) is 0. The van der Waals surface area contributed by atoms with Gasteiger partial charge in [0.1, 0.15) is 19.0 Å². The van der Waals surface area contributed by atoms with Crippen LogP contribution in [0, 0.1) is 0 Å². The highest BCUT2D eigenvalue weighted by molar-refractivity contribution is 5.84. The van der Waals surface area contributed by atoms with E-state index in [0.29, 0.717) is 19.6 Å². The lowest BCUT2D eigenvalue weighted by Gasteiger charge is -2.33. The number of rotatable bonds is 0. The number of carbonyl (C=O) groups is 1. The fourth-order valence-electron chi connectivity index (χ4n) is 1.37. The highest BCUT2D eigenvalue weighted by atomic mass is 16.7. The van der Waals surface area contributed by atoms with E-state index in [1.165, 1.54) is 0 Å². The Morgan fingerprint density at radius 2 is 2.27 bits per heavy atom. The third-order valence-corrected chi connectivity index (χ3v) is 1.95. The molecule has 2 aliphatic heterocycles. The summed E-state index contributed by atoms with van der Waals surface area (Å²) in [7, 11) is 0. The Bertz CT molecular complexity index is 166. The highest BCUT2D eigenvalue weighted by Gasteiger charge is 2.36. The first-order chi connectivity index (χ1) is 5.38. The number of hydrogen-bond donors (Lipinski definition) is 0. The molecule has 0 aromatic carbocycles. The third kappa shape index (κ3) is 1.29. The second kappa shape index (κ2) is 2.89. The fraction of sp³-hybridized carbons (Fsp3) is 0.857. The monoisotopic (exact) mass is 158 g/mol. The first kappa shape index (κ1) is 7.21. The van der Waals surface area contributed by atoms with Crippen LogP contribution in [0.5, 0.6) is 0 Å². The molecule has 2 atom stereocenters. The SMILES string of the molecule is O=C1CCOC2COCOC12. The van der Waals surface area contributed by atoms with Crippen molar-refractivity contribution in [3.63, 3.8) is 0 Å². The van der Waals surface area contributed by atoms with E-state index in [0.717, 1.165) is 0 Å². The average Bonchev–Trinajstić information content (AvgIpc) is 2.06. The Hall–Kier alpha value is -0.450. The van der Waals surface area contributed by atoms with Crippen molar-refractivity contribution in [3.05, 3.63) is 0 Å². The molecule has 0 bridgehead atoms. The van der Waals surface area contributed by atoms with E-state index in [4.69, 9.17) is 14.2 Å². The molecule has 4 heteroatoms. The van der Waals surface area contributed by atoms with Gasteiger partial charge in [-0.3, -0.25) is 4.79 Å². The van der Waals surface area contributed by atoms with Gasteiger partial charge in [-0.1, -0.05) is 0 Å². The Labute approximate surface area is 64.4 Å². The van der Waals surface area contributed by atoms with Gasteiger partial charge >= 0.3 is 0 Å². The maximum Gasteiger partial charge on any atom is 0.166 e. The summed E-state index contributed by atoms with van der Waals surface area (Å²) in [6.07, 6.45) is -0.0521. The number of ether oxygens (including phenoxy) is 3. The zero-order valence-electron chi connectivity index (χ0n) is 6.12. The minimum atomic E-state index is -0.363. The highest BCUT2D eigenvalue weighted by Crippen LogP contribution is 2.17. The summed E-state index contributed by atoms with van der Waals surface area (Å²) in [4.78, 5) is 11.2. The summed E-state index contributed by atoms with van der Waals surface area (Å²) in [6.45, 7) is 1.21. The molecule has 0 spiro atoms. The molecular formula is C7H10O4. The molecule has 2 saturated heterocycles. The lowest BCUT2D eigenvalue weighted by Crippen LogP contribution is -2.49. The van der Waals surface area contributed by atoms with Crippen molar-refractivity contribution in [2.75, 3.05) is 20.0 Å². The lowest BCUT2D eigenvalue weighted by molar-refractivity contribution is -0.218. The molecule has 0 N–H and O–H groups in total. The average molecular weight is 158 g/mol. The van der Waals surface area contributed by atoms with E-state index in [-0.39, 0.29) is 24.8 Å². The lowest BCUT2D eigenvalue weighted by atomic mass is 10.0. The van der Waals surface area contributed by atoms with E-state index in [2.05, 4.69) is 0 Å². The largest absolute Gasteiger partial charge is 0.372 e. The van der Waals surface area contributed by atoms with Gasteiger partial charge in [0.2, 0.25) is 0 Å². The van der Waals surface area contributed by atoms with E-state index < -0.39 is 0 Å². The van der Waals surface area contributed by atoms with Crippen molar-refractivity contribution < 1.29 is 19.0 Å². The summed E-state index contributed by atoms with van der Waals surface area (Å²) in [5, 5.41) is 0. The number of fused-ring (bicyclic) bond motifs is 1. The molecule has 62 valence electrons. The molecular weight excluding hydrogens is 148 g/mol. The van der Waals surface area contributed by atoms with Gasteiger partial charge < -0.3 is 14.2 Å². The molecule has 4 nitrogen and oxygen atoms in total. The maximum absolute atomic E-state index is 11.2. The quantitative estimate of drug-likeness (QED) is 0.486. The molecule has 2 unspecified atom stereocenters. The molecule has 0 aromatic rings. The van der Waals surface area contributed by atoms with Gasteiger partial charge in [-0.2, -0.15) is 0 Å². The van der Waals surface area contributed by atoms with Gasteiger partial charge in [-0.05, 0) is 0 Å². The van der Waals surface area contributed by atoms with E-state index in [1.54, 1.807) is 0 Å². The minimum absolute atomic E-state index is 0.143. The van der Waals surface area contributed by atoms with Crippen LogP contribution in [0.2, 0.25) is 0 Å². The molecule has 11 heavy (non-hydrogen) atoms. The van der Waals surface area contributed by atoms with Gasteiger partial charge in [0.25, 0.3) is 0 Å². The molecule has 0 aliphatic carbocycles. The zero-order chi connectivity index (χ0) is 7.68. The first-order valence-corrected chi connectivity index (χ1v) is 3.71.